The molecule has 220 valence electrons. The largest absolute Gasteiger partial charge is 0.497 e. The van der Waals surface area contributed by atoms with Crippen LogP contribution in [0.3, 0.4) is 0 Å². The molecule has 4 aromatic rings. The topological polar surface area (TPSA) is 74.6 Å². The smallest absolute Gasteiger partial charge is 0.309 e. The summed E-state index contributed by atoms with van der Waals surface area (Å²) >= 11 is 6.04. The average molecular weight is 588 g/mol. The highest BCUT2D eigenvalue weighted by Crippen LogP contribution is 2.32. The molecule has 4 rings (SSSR count). The number of rotatable bonds is 11. The fraction of sp³-hybridized carbons (Fsp3) is 0.343. The number of ether oxygens (including phenoxy) is 2. The zero-order valence-corrected chi connectivity index (χ0v) is 25.7. The molecule has 1 atom stereocenters. The highest BCUT2D eigenvalue weighted by molar-refractivity contribution is 6.30. The molecule has 0 N–H and O–H groups in total. The van der Waals surface area contributed by atoms with Crippen molar-refractivity contribution in [1.82, 2.24) is 4.57 Å². The number of halogens is 1. The molecule has 7 heteroatoms. The molecule has 0 aliphatic heterocycles. The number of nitrogens with zero attached hydrogens (tertiary/aromatic N) is 1. The van der Waals surface area contributed by atoms with Crippen molar-refractivity contribution in [3.05, 3.63) is 100 Å². The van der Waals surface area contributed by atoms with Crippen LogP contribution in [0.15, 0.2) is 72.8 Å². The van der Waals surface area contributed by atoms with E-state index >= 15 is 0 Å². The Labute approximate surface area is 252 Å². The molecule has 0 radical (unpaired) electrons. The summed E-state index contributed by atoms with van der Waals surface area (Å²) in [5, 5.41) is 1.30. The quantitative estimate of drug-likeness (QED) is 0.169. The molecule has 0 amide bonds. The Kier molecular flexibility index (Phi) is 9.89. The van der Waals surface area contributed by atoms with E-state index in [1.165, 1.54) is 0 Å². The molecule has 6 nitrogen and oxygen atoms in total. The van der Waals surface area contributed by atoms with E-state index < -0.39 is 5.92 Å². The van der Waals surface area contributed by atoms with Gasteiger partial charge in [-0.15, -0.1) is 0 Å². The zero-order valence-electron chi connectivity index (χ0n) is 24.9. The first kappa shape index (κ1) is 31.0. The molecule has 0 spiro atoms. The maximum atomic E-state index is 13.6. The van der Waals surface area contributed by atoms with Crippen LogP contribution >= 0.6 is 11.6 Å². The van der Waals surface area contributed by atoms with Gasteiger partial charge < -0.3 is 9.47 Å². The fourth-order valence-corrected chi connectivity index (χ4v) is 5.18. The van der Waals surface area contributed by atoms with Gasteiger partial charge >= 0.3 is 5.97 Å². The number of hydrogen-bond acceptors (Lipinski definition) is 5. The van der Waals surface area contributed by atoms with Gasteiger partial charge in [0.1, 0.15) is 11.5 Å². The van der Waals surface area contributed by atoms with Gasteiger partial charge in [-0.25, -0.2) is 0 Å². The van der Waals surface area contributed by atoms with Crippen LogP contribution < -0.4 is 4.74 Å². The van der Waals surface area contributed by atoms with Gasteiger partial charge in [-0.3, -0.25) is 19.0 Å². The normalized spacial score (nSPS) is 12.2. The Morgan fingerprint density at radius 1 is 0.952 bits per heavy atom. The SMILES string of the molecule is COc1ccc2c(c1)c(CC(=O)C[C@@H](Cc1ccccc1)C(=O)OCCC(C)(C)C)c(C)n2C(=O)c1ccc(Cl)cc1. The van der Waals surface area contributed by atoms with Gasteiger partial charge in [-0.2, -0.15) is 0 Å². The Bertz CT molecular complexity index is 1570. The number of aromatic nitrogens is 1. The van der Waals surface area contributed by atoms with Crippen molar-refractivity contribution >= 4 is 40.2 Å². The maximum Gasteiger partial charge on any atom is 0.309 e. The zero-order chi connectivity index (χ0) is 30.4. The highest BCUT2D eigenvalue weighted by atomic mass is 35.5. The molecular formula is C35H38ClNO5. The second-order valence-corrected chi connectivity index (χ2v) is 12.3. The van der Waals surface area contributed by atoms with Gasteiger partial charge in [0, 0.05) is 34.5 Å². The number of methoxy groups -OCH3 is 1. The molecule has 0 aliphatic rings. The van der Waals surface area contributed by atoms with Gasteiger partial charge in [0.15, 0.2) is 0 Å². The minimum atomic E-state index is -0.612. The van der Waals surface area contributed by atoms with Gasteiger partial charge in [-0.05, 0) is 78.8 Å². The lowest BCUT2D eigenvalue weighted by atomic mass is 9.91. The van der Waals surface area contributed by atoms with Crippen LogP contribution in [-0.4, -0.2) is 35.9 Å². The van der Waals surface area contributed by atoms with E-state index in [9.17, 15) is 14.4 Å². The van der Waals surface area contributed by atoms with Crippen molar-refractivity contribution in [1.29, 1.82) is 0 Å². The number of carbonyl (C=O) groups excluding carboxylic acids is 3. The summed E-state index contributed by atoms with van der Waals surface area (Å²) in [7, 11) is 1.58. The number of benzene rings is 3. The van der Waals surface area contributed by atoms with Crippen molar-refractivity contribution in [2.24, 2.45) is 11.3 Å². The van der Waals surface area contributed by atoms with Crippen LogP contribution in [0.1, 0.15) is 60.8 Å². The van der Waals surface area contributed by atoms with Crippen molar-refractivity contribution in [2.45, 2.75) is 53.4 Å². The number of esters is 1. The molecule has 1 heterocycles. The van der Waals surface area contributed by atoms with Crippen LogP contribution in [0.25, 0.3) is 10.9 Å². The predicted octanol–water partition coefficient (Wildman–Crippen LogP) is 7.64. The molecule has 0 unspecified atom stereocenters. The summed E-state index contributed by atoms with van der Waals surface area (Å²) in [6, 6.07) is 21.9. The minimum Gasteiger partial charge on any atom is -0.497 e. The minimum absolute atomic E-state index is 0.0290. The summed E-state index contributed by atoms with van der Waals surface area (Å²) in [6.45, 7) is 8.43. The second-order valence-electron chi connectivity index (χ2n) is 11.9. The monoisotopic (exact) mass is 587 g/mol. The lowest BCUT2D eigenvalue weighted by Gasteiger charge is -2.20. The van der Waals surface area contributed by atoms with Gasteiger partial charge in [0.2, 0.25) is 0 Å². The standard InChI is InChI=1S/C35H38ClNO5/c1-23-30(31-22-29(41-5)15-16-32(31)37(23)33(39)25-11-13-27(36)14-12-25)21-28(38)20-26(19-24-9-7-6-8-10-24)34(40)42-18-17-35(2,3)4/h6-16,22,26H,17-21H2,1-5H3/t26-/m1/s1. The lowest BCUT2D eigenvalue weighted by molar-refractivity contribution is -0.150. The predicted molar refractivity (Wildman–Crippen MR) is 166 cm³/mol. The number of Topliss-reactive ketones (excluding diaryl/α,β-unsaturated/α-hetero) is 1. The first-order valence-electron chi connectivity index (χ1n) is 14.2. The average Bonchev–Trinajstić information content (AvgIpc) is 3.22. The maximum absolute atomic E-state index is 13.6. The van der Waals surface area contributed by atoms with E-state index in [4.69, 9.17) is 21.1 Å². The van der Waals surface area contributed by atoms with E-state index in [-0.39, 0.29) is 35.9 Å². The number of carbonyl (C=O) groups is 3. The molecular weight excluding hydrogens is 550 g/mol. The molecule has 0 saturated heterocycles. The van der Waals surface area contributed by atoms with Crippen LogP contribution in [-0.2, 0) is 27.2 Å². The highest BCUT2D eigenvalue weighted by Gasteiger charge is 2.27. The van der Waals surface area contributed by atoms with E-state index in [0.717, 1.165) is 22.9 Å². The Balaban J connectivity index is 1.63. The molecule has 0 saturated carbocycles. The lowest BCUT2D eigenvalue weighted by Crippen LogP contribution is -2.25. The van der Waals surface area contributed by atoms with Crippen molar-refractivity contribution in [2.75, 3.05) is 13.7 Å². The van der Waals surface area contributed by atoms with Gasteiger partial charge in [0.05, 0.1) is 25.2 Å². The van der Waals surface area contributed by atoms with Gasteiger partial charge in [0.25, 0.3) is 5.91 Å². The van der Waals surface area contributed by atoms with E-state index in [1.807, 2.05) is 49.4 Å². The van der Waals surface area contributed by atoms with E-state index in [1.54, 1.807) is 42.0 Å². The Morgan fingerprint density at radius 3 is 2.29 bits per heavy atom. The first-order chi connectivity index (χ1) is 20.0. The van der Waals surface area contributed by atoms with Crippen LogP contribution in [0.2, 0.25) is 5.02 Å². The van der Waals surface area contributed by atoms with Crippen molar-refractivity contribution < 1.29 is 23.9 Å². The van der Waals surface area contributed by atoms with E-state index in [2.05, 4.69) is 20.8 Å². The molecule has 0 bridgehead atoms. The third-order valence-electron chi connectivity index (χ3n) is 7.44. The third-order valence-corrected chi connectivity index (χ3v) is 7.69. The van der Waals surface area contributed by atoms with E-state index in [0.29, 0.717) is 40.6 Å². The summed E-state index contributed by atoms with van der Waals surface area (Å²) in [5.41, 5.74) is 3.55. The molecule has 0 fully saturated rings. The number of ketones is 1. The molecule has 42 heavy (non-hydrogen) atoms. The summed E-state index contributed by atoms with van der Waals surface area (Å²) < 4.78 is 12.7. The van der Waals surface area contributed by atoms with Crippen molar-refractivity contribution in [3.63, 3.8) is 0 Å². The third kappa shape index (κ3) is 7.68. The van der Waals surface area contributed by atoms with Gasteiger partial charge in [-0.1, -0.05) is 62.7 Å². The summed E-state index contributed by atoms with van der Waals surface area (Å²) in [4.78, 5) is 40.5. The fourth-order valence-electron chi connectivity index (χ4n) is 5.05. The number of fused-ring (bicyclic) bond motifs is 1. The Morgan fingerprint density at radius 2 is 1.64 bits per heavy atom. The van der Waals surface area contributed by atoms with Crippen LogP contribution in [0.5, 0.6) is 5.75 Å². The number of hydrogen-bond donors (Lipinski definition) is 0. The Hall–Kier alpha value is -3.90. The van der Waals surface area contributed by atoms with Crippen LogP contribution in [0, 0.1) is 18.3 Å². The van der Waals surface area contributed by atoms with Crippen molar-refractivity contribution in [3.8, 4) is 5.75 Å². The summed E-state index contributed by atoms with van der Waals surface area (Å²) in [5.74, 6) is -0.680. The first-order valence-corrected chi connectivity index (χ1v) is 14.5. The molecule has 1 aromatic heterocycles. The molecule has 3 aromatic carbocycles. The van der Waals surface area contributed by atoms with Crippen LogP contribution in [0.4, 0.5) is 0 Å². The second kappa shape index (κ2) is 13.4. The molecule has 0 aliphatic carbocycles. The summed E-state index contributed by atoms with van der Waals surface area (Å²) in [6.07, 6.45) is 1.24.